The van der Waals surface area contributed by atoms with Crippen molar-refractivity contribution >= 4 is 28.3 Å². The number of nitrogens with one attached hydrogen (secondary N) is 1. The van der Waals surface area contributed by atoms with Crippen LogP contribution in [0.1, 0.15) is 25.3 Å². The van der Waals surface area contributed by atoms with Crippen LogP contribution < -0.4 is 10.2 Å². The molecule has 0 radical (unpaired) electrons. The highest BCUT2D eigenvalue weighted by Crippen LogP contribution is 2.26. The number of ether oxygens (including phenoxy) is 1. The summed E-state index contributed by atoms with van der Waals surface area (Å²) in [5.41, 5.74) is 2.95. The number of anilines is 2. The minimum Gasteiger partial charge on any atom is -0.368 e. The van der Waals surface area contributed by atoms with Crippen molar-refractivity contribution in [3.8, 4) is 0 Å². The second-order valence-electron chi connectivity index (χ2n) is 7.44. The van der Waals surface area contributed by atoms with Crippen LogP contribution in [0.4, 0.5) is 11.5 Å². The van der Waals surface area contributed by atoms with Crippen LogP contribution >= 0.6 is 0 Å². The molecular weight excluding hydrogens is 340 g/mol. The zero-order valence-corrected chi connectivity index (χ0v) is 16.2. The van der Waals surface area contributed by atoms with Gasteiger partial charge >= 0.3 is 0 Å². The van der Waals surface area contributed by atoms with Gasteiger partial charge in [-0.25, -0.2) is 4.98 Å². The van der Waals surface area contributed by atoms with Crippen molar-refractivity contribution in [3.63, 3.8) is 0 Å². The monoisotopic (exact) mass is 368 g/mol. The number of hydrogen-bond donors (Lipinski definition) is 1. The molecule has 3 heterocycles. The number of pyridine rings is 1. The maximum Gasteiger partial charge on any atom is 0.253 e. The first kappa shape index (κ1) is 18.2. The number of amides is 1. The van der Waals surface area contributed by atoms with E-state index in [1.54, 1.807) is 0 Å². The van der Waals surface area contributed by atoms with Crippen LogP contribution in [-0.2, 0) is 9.53 Å². The van der Waals surface area contributed by atoms with E-state index in [4.69, 9.17) is 9.72 Å². The predicted molar refractivity (Wildman–Crippen MR) is 108 cm³/mol. The van der Waals surface area contributed by atoms with Crippen LogP contribution in [0.5, 0.6) is 0 Å². The van der Waals surface area contributed by atoms with E-state index >= 15 is 0 Å². The van der Waals surface area contributed by atoms with Crippen LogP contribution in [0.25, 0.3) is 10.9 Å². The maximum absolute atomic E-state index is 12.3. The fourth-order valence-corrected chi connectivity index (χ4v) is 3.92. The molecule has 0 bridgehead atoms. The Morgan fingerprint density at radius 3 is 2.78 bits per heavy atom. The van der Waals surface area contributed by atoms with E-state index < -0.39 is 0 Å². The van der Waals surface area contributed by atoms with Gasteiger partial charge < -0.3 is 19.9 Å². The average Bonchev–Trinajstić information content (AvgIpc) is 3.23. The Kier molecular flexibility index (Phi) is 5.27. The molecule has 6 nitrogen and oxygen atoms in total. The molecule has 1 aromatic heterocycles. The minimum atomic E-state index is -0.316. The third kappa shape index (κ3) is 3.92. The molecule has 1 aromatic carbocycles. The molecule has 2 saturated heterocycles. The number of aryl methyl sites for hydroxylation is 1. The van der Waals surface area contributed by atoms with Gasteiger partial charge in [0.25, 0.3) is 5.91 Å². The zero-order chi connectivity index (χ0) is 18.8. The van der Waals surface area contributed by atoms with Gasteiger partial charge in [-0.1, -0.05) is 6.92 Å². The number of aromatic nitrogens is 1. The molecule has 1 amide bonds. The van der Waals surface area contributed by atoms with E-state index in [-0.39, 0.29) is 12.0 Å². The van der Waals surface area contributed by atoms with Crippen LogP contribution in [0.3, 0.4) is 0 Å². The van der Waals surface area contributed by atoms with Gasteiger partial charge in [-0.15, -0.1) is 0 Å². The molecule has 0 spiro atoms. The SMILES string of the molecule is CCN1CCN(c2cc(C)c3cc(NC(=O)C4CCCO4)ccc3n2)CC1. The van der Waals surface area contributed by atoms with E-state index in [2.05, 4.69) is 35.0 Å². The van der Waals surface area contributed by atoms with E-state index in [9.17, 15) is 4.79 Å². The Labute approximate surface area is 160 Å². The van der Waals surface area contributed by atoms with Crippen molar-refractivity contribution in [2.75, 3.05) is 49.5 Å². The third-order valence-corrected chi connectivity index (χ3v) is 5.64. The normalized spacial score (nSPS) is 21.0. The number of fused-ring (bicyclic) bond motifs is 1. The highest BCUT2D eigenvalue weighted by molar-refractivity contribution is 5.97. The van der Waals surface area contributed by atoms with E-state index in [1.165, 1.54) is 5.56 Å². The van der Waals surface area contributed by atoms with Crippen LogP contribution in [0.15, 0.2) is 24.3 Å². The van der Waals surface area contributed by atoms with Crippen LogP contribution in [0, 0.1) is 6.92 Å². The summed E-state index contributed by atoms with van der Waals surface area (Å²) in [6.07, 6.45) is 1.44. The second kappa shape index (κ2) is 7.82. The molecule has 6 heteroatoms. The number of hydrogen-bond acceptors (Lipinski definition) is 5. The van der Waals surface area contributed by atoms with Gasteiger partial charge in [-0.05, 0) is 56.1 Å². The molecule has 27 heavy (non-hydrogen) atoms. The first-order valence-electron chi connectivity index (χ1n) is 9.95. The molecule has 2 fully saturated rings. The molecule has 2 aromatic rings. The molecule has 1 N–H and O–H groups in total. The molecule has 1 atom stereocenters. The Morgan fingerprint density at radius 1 is 1.26 bits per heavy atom. The summed E-state index contributed by atoms with van der Waals surface area (Å²) >= 11 is 0. The lowest BCUT2D eigenvalue weighted by molar-refractivity contribution is -0.124. The lowest BCUT2D eigenvalue weighted by Crippen LogP contribution is -2.46. The van der Waals surface area contributed by atoms with Crippen LogP contribution in [-0.4, -0.2) is 61.2 Å². The summed E-state index contributed by atoms with van der Waals surface area (Å²) in [5.74, 6) is 0.995. The predicted octanol–water partition coefficient (Wildman–Crippen LogP) is 2.80. The summed E-state index contributed by atoms with van der Waals surface area (Å²) in [6, 6.07) is 8.11. The number of nitrogens with zero attached hydrogens (tertiary/aromatic N) is 3. The Morgan fingerprint density at radius 2 is 2.07 bits per heavy atom. The summed E-state index contributed by atoms with van der Waals surface area (Å²) in [7, 11) is 0. The lowest BCUT2D eigenvalue weighted by atomic mass is 10.1. The second-order valence-corrected chi connectivity index (χ2v) is 7.44. The minimum absolute atomic E-state index is 0.0529. The molecule has 1 unspecified atom stereocenters. The Hall–Kier alpha value is -2.18. The number of benzene rings is 1. The molecule has 144 valence electrons. The largest absolute Gasteiger partial charge is 0.368 e. The number of carbonyl (C=O) groups is 1. The molecule has 2 aliphatic rings. The smallest absolute Gasteiger partial charge is 0.253 e. The first-order chi connectivity index (χ1) is 13.1. The standard InChI is InChI=1S/C21H28N4O2/c1-3-24-8-10-25(11-9-24)20-13-15(2)17-14-16(6-7-18(17)23-20)22-21(26)19-5-4-12-27-19/h6-7,13-14,19H,3-5,8-12H2,1-2H3,(H,22,26). The molecular formula is C21H28N4O2. The van der Waals surface area contributed by atoms with Crippen molar-refractivity contribution in [3.05, 3.63) is 29.8 Å². The number of piperazine rings is 1. The molecule has 4 rings (SSSR count). The first-order valence-corrected chi connectivity index (χ1v) is 9.95. The highest BCUT2D eigenvalue weighted by atomic mass is 16.5. The average molecular weight is 368 g/mol. The van der Waals surface area contributed by atoms with Crippen molar-refractivity contribution < 1.29 is 9.53 Å². The van der Waals surface area contributed by atoms with E-state index in [0.29, 0.717) is 6.61 Å². The summed E-state index contributed by atoms with van der Waals surface area (Å²) in [5, 5.41) is 4.06. The van der Waals surface area contributed by atoms with Crippen molar-refractivity contribution in [2.45, 2.75) is 32.8 Å². The van der Waals surface area contributed by atoms with Gasteiger partial charge in [0.05, 0.1) is 5.52 Å². The van der Waals surface area contributed by atoms with Gasteiger partial charge in [0.1, 0.15) is 11.9 Å². The summed E-state index contributed by atoms with van der Waals surface area (Å²) in [6.45, 7) is 10.3. The van der Waals surface area contributed by atoms with Crippen molar-refractivity contribution in [1.29, 1.82) is 0 Å². The van der Waals surface area contributed by atoms with Gasteiger partial charge in [-0.2, -0.15) is 0 Å². The molecule has 0 saturated carbocycles. The maximum atomic E-state index is 12.3. The van der Waals surface area contributed by atoms with Gasteiger partial charge in [-0.3, -0.25) is 4.79 Å². The topological polar surface area (TPSA) is 57.7 Å². The molecule has 0 aliphatic carbocycles. The zero-order valence-electron chi connectivity index (χ0n) is 16.2. The Bertz CT molecular complexity index is 824. The van der Waals surface area contributed by atoms with Crippen LogP contribution in [0.2, 0.25) is 0 Å². The van der Waals surface area contributed by atoms with Gasteiger partial charge in [0.2, 0.25) is 0 Å². The molecule has 2 aliphatic heterocycles. The number of rotatable bonds is 4. The van der Waals surface area contributed by atoms with E-state index in [0.717, 1.165) is 68.0 Å². The fraction of sp³-hybridized carbons (Fsp3) is 0.524. The third-order valence-electron chi connectivity index (χ3n) is 5.64. The fourth-order valence-electron chi connectivity index (χ4n) is 3.92. The Balaban J connectivity index is 1.52. The highest BCUT2D eigenvalue weighted by Gasteiger charge is 2.23. The summed E-state index contributed by atoms with van der Waals surface area (Å²) < 4.78 is 5.46. The van der Waals surface area contributed by atoms with Gasteiger partial charge in [0.15, 0.2) is 0 Å². The van der Waals surface area contributed by atoms with Gasteiger partial charge in [0, 0.05) is 43.9 Å². The van der Waals surface area contributed by atoms with E-state index in [1.807, 2.05) is 18.2 Å². The number of carbonyl (C=O) groups excluding carboxylic acids is 1. The number of likely N-dealkylation sites (N-methyl/N-ethyl adjacent to an activating group) is 1. The quantitative estimate of drug-likeness (QED) is 0.899. The van der Waals surface area contributed by atoms with Crippen molar-refractivity contribution in [1.82, 2.24) is 9.88 Å². The lowest BCUT2D eigenvalue weighted by Gasteiger charge is -2.35. The summed E-state index contributed by atoms with van der Waals surface area (Å²) in [4.78, 5) is 22.0. The van der Waals surface area contributed by atoms with Crippen molar-refractivity contribution in [2.24, 2.45) is 0 Å².